The van der Waals surface area contributed by atoms with Gasteiger partial charge in [-0.15, -0.1) is 0 Å². The van der Waals surface area contributed by atoms with Gasteiger partial charge in [0.15, 0.2) is 23.0 Å². The monoisotopic (exact) mass is 497 g/mol. The molecule has 1 aliphatic rings. The van der Waals surface area contributed by atoms with E-state index >= 15 is 0 Å². The number of hydrogen-bond donors (Lipinski definition) is 1. The number of rotatable bonds is 7. The molecule has 0 saturated carbocycles. The van der Waals surface area contributed by atoms with E-state index in [2.05, 4.69) is 17.4 Å². The average molecular weight is 498 g/mol. The summed E-state index contributed by atoms with van der Waals surface area (Å²) in [6.45, 7) is 5.93. The van der Waals surface area contributed by atoms with Gasteiger partial charge in [-0.25, -0.2) is 0 Å². The van der Waals surface area contributed by atoms with Gasteiger partial charge in [-0.1, -0.05) is 6.07 Å². The highest BCUT2D eigenvalue weighted by Gasteiger charge is 2.10. The highest BCUT2D eigenvalue weighted by Crippen LogP contribution is 2.29. The van der Waals surface area contributed by atoms with Gasteiger partial charge in [0, 0.05) is 12.0 Å². The second kappa shape index (κ2) is 16.4. The predicted octanol–water partition coefficient (Wildman–Crippen LogP) is -1.17. The van der Waals surface area contributed by atoms with Gasteiger partial charge in [0.2, 0.25) is 0 Å². The molecule has 0 aromatic heterocycles. The third-order valence-electron chi connectivity index (χ3n) is 5.19. The molecule has 0 radical (unpaired) electrons. The van der Waals surface area contributed by atoms with Crippen LogP contribution in [0.5, 0.6) is 23.0 Å². The van der Waals surface area contributed by atoms with Gasteiger partial charge in [0.1, 0.15) is 19.8 Å². The maximum Gasteiger partial charge on any atom is 0.161 e. The molecule has 8 nitrogen and oxygen atoms in total. The Hall–Kier alpha value is -2.23. The maximum absolute atomic E-state index is 5.96. The molecule has 0 bridgehead atoms. The number of quaternary nitrogens is 1. The average Bonchev–Trinajstić information content (AvgIpc) is 2.85. The molecule has 0 fully saturated rings. The summed E-state index contributed by atoms with van der Waals surface area (Å²) in [7, 11) is 3.30. The van der Waals surface area contributed by atoms with Crippen LogP contribution in [0.15, 0.2) is 36.4 Å². The van der Waals surface area contributed by atoms with Crippen LogP contribution in [0.4, 0.5) is 0 Å². The maximum atomic E-state index is 5.96. The second-order valence-corrected chi connectivity index (χ2v) is 7.54. The lowest BCUT2D eigenvalue weighted by Gasteiger charge is -2.14. The lowest BCUT2D eigenvalue weighted by molar-refractivity contribution is -0.670. The van der Waals surface area contributed by atoms with E-state index in [-0.39, 0.29) is 12.4 Å². The van der Waals surface area contributed by atoms with E-state index in [1.165, 1.54) is 11.1 Å². The summed E-state index contributed by atoms with van der Waals surface area (Å²) in [6.07, 6.45) is 0.936. The van der Waals surface area contributed by atoms with Crippen LogP contribution in [0.2, 0.25) is 0 Å². The Morgan fingerprint density at radius 1 is 0.676 bits per heavy atom. The number of benzene rings is 2. The highest BCUT2D eigenvalue weighted by atomic mass is 35.5. The molecule has 34 heavy (non-hydrogen) atoms. The molecule has 1 heterocycles. The number of nitrogens with two attached hydrogens (primary N) is 1. The summed E-state index contributed by atoms with van der Waals surface area (Å²) in [4.78, 5) is 0. The summed E-state index contributed by atoms with van der Waals surface area (Å²) < 4.78 is 39.0. The molecule has 2 aromatic carbocycles. The normalized spacial score (nSPS) is 15.4. The molecule has 190 valence electrons. The molecule has 9 heteroatoms. The summed E-state index contributed by atoms with van der Waals surface area (Å²) >= 11 is 0. The van der Waals surface area contributed by atoms with Crippen molar-refractivity contribution >= 4 is 0 Å². The number of halogens is 1. The Morgan fingerprint density at radius 2 is 1.26 bits per heavy atom. The fourth-order valence-corrected chi connectivity index (χ4v) is 3.45. The fraction of sp³-hybridized carbons (Fsp3) is 0.520. The standard InChI is InChI=1S/C25H35NO7.ClH/c1-27-22-5-3-20(17-24(22)28-2)7-8-26-19-21-4-6-23-25(18-21)33-16-14-31-12-10-29-9-11-30-13-15-32-23;/h3-6,17-18,26H,7-16,19H2,1-2H3;1H. The van der Waals surface area contributed by atoms with Gasteiger partial charge < -0.3 is 50.9 Å². The van der Waals surface area contributed by atoms with Crippen LogP contribution in [-0.4, -0.2) is 73.6 Å². The fourth-order valence-electron chi connectivity index (χ4n) is 3.45. The molecule has 0 saturated heterocycles. The Bertz CT molecular complexity index is 837. The van der Waals surface area contributed by atoms with E-state index in [1.807, 2.05) is 24.3 Å². The van der Waals surface area contributed by atoms with E-state index in [0.717, 1.165) is 42.5 Å². The van der Waals surface area contributed by atoms with Crippen LogP contribution in [-0.2, 0) is 27.2 Å². The number of fused-ring (bicyclic) bond motifs is 1. The van der Waals surface area contributed by atoms with E-state index in [4.69, 9.17) is 33.2 Å². The second-order valence-electron chi connectivity index (χ2n) is 7.54. The van der Waals surface area contributed by atoms with Crippen molar-refractivity contribution in [3.63, 3.8) is 0 Å². The Labute approximate surface area is 208 Å². The van der Waals surface area contributed by atoms with Crippen molar-refractivity contribution in [2.24, 2.45) is 0 Å². The zero-order chi connectivity index (χ0) is 23.1. The minimum atomic E-state index is 0. The lowest BCUT2D eigenvalue weighted by Crippen LogP contribution is -3.00. The molecule has 0 aliphatic carbocycles. The first-order chi connectivity index (χ1) is 16.3. The molecule has 0 atom stereocenters. The molecular formula is C25H36ClNO7. The van der Waals surface area contributed by atoms with Crippen molar-refractivity contribution in [1.82, 2.24) is 0 Å². The molecule has 0 spiro atoms. The zero-order valence-electron chi connectivity index (χ0n) is 20.1. The molecule has 0 unspecified atom stereocenters. The predicted molar refractivity (Wildman–Crippen MR) is 124 cm³/mol. The molecule has 1 aliphatic heterocycles. The first-order valence-corrected chi connectivity index (χ1v) is 11.4. The van der Waals surface area contributed by atoms with Crippen molar-refractivity contribution in [1.29, 1.82) is 0 Å². The third-order valence-corrected chi connectivity index (χ3v) is 5.19. The SMILES string of the molecule is COc1ccc(CC[NH2+]Cc2ccc3c(c2)OCCOCCOCCOCCO3)cc1OC.[Cl-]. The van der Waals surface area contributed by atoms with Crippen molar-refractivity contribution in [2.75, 3.05) is 73.6 Å². The van der Waals surface area contributed by atoms with Gasteiger partial charge in [0.05, 0.1) is 60.4 Å². The first kappa shape index (κ1) is 28.0. The highest BCUT2D eigenvalue weighted by molar-refractivity contribution is 5.43. The van der Waals surface area contributed by atoms with Crippen molar-refractivity contribution in [3.05, 3.63) is 47.5 Å². The molecule has 2 aromatic rings. The van der Waals surface area contributed by atoms with Crippen molar-refractivity contribution in [3.8, 4) is 23.0 Å². The van der Waals surface area contributed by atoms with Crippen molar-refractivity contribution < 1.29 is 50.9 Å². The van der Waals surface area contributed by atoms with E-state index in [0.29, 0.717) is 52.9 Å². The molecule has 0 amide bonds. The van der Waals surface area contributed by atoms with Gasteiger partial charge in [0.25, 0.3) is 0 Å². The Kier molecular flexibility index (Phi) is 13.5. The lowest BCUT2D eigenvalue weighted by atomic mass is 10.1. The number of hydrogen-bond acceptors (Lipinski definition) is 7. The summed E-state index contributed by atoms with van der Waals surface area (Å²) in [6, 6.07) is 12.1. The minimum Gasteiger partial charge on any atom is -1.00 e. The quantitative estimate of drug-likeness (QED) is 0.483. The minimum absolute atomic E-state index is 0. The Balaban J connectivity index is 0.00000408. The number of ether oxygens (including phenoxy) is 7. The molecule has 2 N–H and O–H groups in total. The van der Waals surface area contributed by atoms with Crippen LogP contribution < -0.4 is 36.7 Å². The van der Waals surface area contributed by atoms with Crippen LogP contribution >= 0.6 is 0 Å². The first-order valence-electron chi connectivity index (χ1n) is 11.4. The molecular weight excluding hydrogens is 462 g/mol. The van der Waals surface area contributed by atoms with Crippen LogP contribution in [0, 0.1) is 0 Å². The zero-order valence-corrected chi connectivity index (χ0v) is 20.8. The summed E-state index contributed by atoms with van der Waals surface area (Å²) in [5.74, 6) is 2.96. The van der Waals surface area contributed by atoms with Gasteiger partial charge >= 0.3 is 0 Å². The third kappa shape index (κ3) is 9.56. The van der Waals surface area contributed by atoms with Gasteiger partial charge in [-0.05, 0) is 35.9 Å². The number of methoxy groups -OCH3 is 2. The largest absolute Gasteiger partial charge is 1.00 e. The summed E-state index contributed by atoms with van der Waals surface area (Å²) in [5.41, 5.74) is 2.39. The Morgan fingerprint density at radius 3 is 1.91 bits per heavy atom. The molecule has 3 rings (SSSR count). The van der Waals surface area contributed by atoms with Gasteiger partial charge in [-0.2, -0.15) is 0 Å². The van der Waals surface area contributed by atoms with E-state index < -0.39 is 0 Å². The van der Waals surface area contributed by atoms with Crippen molar-refractivity contribution in [2.45, 2.75) is 13.0 Å². The van der Waals surface area contributed by atoms with Crippen LogP contribution in [0.25, 0.3) is 0 Å². The van der Waals surface area contributed by atoms with E-state index in [1.54, 1.807) is 14.2 Å². The van der Waals surface area contributed by atoms with Gasteiger partial charge in [-0.3, -0.25) is 0 Å². The van der Waals surface area contributed by atoms with Crippen LogP contribution in [0.3, 0.4) is 0 Å². The summed E-state index contributed by atoms with van der Waals surface area (Å²) in [5, 5.41) is 2.28. The topological polar surface area (TPSA) is 81.2 Å². The van der Waals surface area contributed by atoms with Crippen LogP contribution in [0.1, 0.15) is 11.1 Å². The van der Waals surface area contributed by atoms with E-state index in [9.17, 15) is 0 Å². The smallest absolute Gasteiger partial charge is 0.161 e.